The van der Waals surface area contributed by atoms with Gasteiger partial charge in [0.2, 0.25) is 0 Å². The minimum atomic E-state index is -9.77. The van der Waals surface area contributed by atoms with Crippen LogP contribution in [0.3, 0.4) is 0 Å². The molecular formula is C37H30F32N2O4. The fourth-order valence-electron chi connectivity index (χ4n) is 5.41. The van der Waals surface area contributed by atoms with Crippen LogP contribution in [-0.4, -0.2) is 126 Å². The van der Waals surface area contributed by atoms with E-state index in [0.717, 1.165) is 65.7 Å². The molecule has 2 aromatic rings. The Balaban J connectivity index is 2.24. The molecule has 1 aromatic carbocycles. The minimum absolute atomic E-state index is 0.163. The van der Waals surface area contributed by atoms with Crippen LogP contribution in [0.2, 0.25) is 0 Å². The molecule has 0 spiro atoms. The molecule has 436 valence electrons. The zero-order valence-corrected chi connectivity index (χ0v) is 36.2. The van der Waals surface area contributed by atoms with Crippen LogP contribution in [0, 0.1) is 0 Å². The van der Waals surface area contributed by atoms with E-state index >= 15 is 0 Å². The van der Waals surface area contributed by atoms with E-state index in [1.807, 2.05) is 0 Å². The zero-order chi connectivity index (χ0) is 58.9. The van der Waals surface area contributed by atoms with Gasteiger partial charge in [0, 0.05) is 18.0 Å². The molecule has 1 aromatic heterocycles. The highest BCUT2D eigenvalue weighted by molar-refractivity contribution is 5.55. The van der Waals surface area contributed by atoms with E-state index in [1.165, 1.54) is 24.5 Å². The summed E-state index contributed by atoms with van der Waals surface area (Å²) in [5.41, 5.74) is 1.12. The molecule has 0 bridgehead atoms. The first-order chi connectivity index (χ1) is 33.3. The Morgan fingerprint density at radius 1 is 0.427 bits per heavy atom. The molecule has 38 heteroatoms. The first-order valence-electron chi connectivity index (χ1n) is 19.8. The van der Waals surface area contributed by atoms with Crippen molar-refractivity contribution in [2.75, 3.05) is 19.8 Å². The lowest BCUT2D eigenvalue weighted by atomic mass is 9.87. The number of halogens is 32. The van der Waals surface area contributed by atoms with Crippen LogP contribution in [0.15, 0.2) is 36.7 Å². The van der Waals surface area contributed by atoms with Gasteiger partial charge in [0.05, 0.1) is 6.61 Å². The summed E-state index contributed by atoms with van der Waals surface area (Å²) < 4.78 is 449. The van der Waals surface area contributed by atoms with Crippen molar-refractivity contribution in [3.63, 3.8) is 0 Å². The highest BCUT2D eigenvalue weighted by Gasteiger charge is 2.97. The third-order valence-corrected chi connectivity index (χ3v) is 9.81. The number of aryl methyl sites for hydroxylation is 1. The van der Waals surface area contributed by atoms with E-state index in [2.05, 4.69) is 21.6 Å². The summed E-state index contributed by atoms with van der Waals surface area (Å²) in [5.74, 6) is -90.3. The maximum atomic E-state index is 14.3. The van der Waals surface area contributed by atoms with Crippen LogP contribution in [0.4, 0.5) is 140 Å². The summed E-state index contributed by atoms with van der Waals surface area (Å²) in [7, 11) is 0. The average Bonchev–Trinajstić information content (AvgIpc) is 3.25. The van der Waals surface area contributed by atoms with Gasteiger partial charge in [-0.15, -0.1) is 0 Å². The van der Waals surface area contributed by atoms with Crippen molar-refractivity contribution in [2.45, 2.75) is 148 Å². The molecule has 0 aliphatic carbocycles. The molecule has 0 aliphatic rings. The quantitative estimate of drug-likeness (QED) is 0.0574. The normalized spacial score (nSPS) is 15.6. The second kappa shape index (κ2) is 21.9. The lowest BCUT2D eigenvalue weighted by Gasteiger charge is -2.44. The van der Waals surface area contributed by atoms with E-state index in [0.29, 0.717) is 12.0 Å². The van der Waals surface area contributed by atoms with Crippen LogP contribution in [0.1, 0.15) is 51.0 Å². The lowest BCUT2D eigenvalue weighted by Crippen LogP contribution is -2.76. The molecule has 1 heterocycles. The monoisotopic (exact) mass is 1170 g/mol. The maximum absolute atomic E-state index is 14.3. The Morgan fingerprint density at radius 3 is 1.21 bits per heavy atom. The van der Waals surface area contributed by atoms with Crippen molar-refractivity contribution in [1.29, 1.82) is 0 Å². The molecule has 0 fully saturated rings. The first kappa shape index (κ1) is 66.9. The number of aromatic nitrogens is 2. The Bertz CT molecular complexity index is 2150. The van der Waals surface area contributed by atoms with E-state index in [-0.39, 0.29) is 11.6 Å². The molecular weight excluding hydrogens is 1140 g/mol. The van der Waals surface area contributed by atoms with Gasteiger partial charge in [0.15, 0.2) is 12.0 Å². The van der Waals surface area contributed by atoms with Crippen LogP contribution in [-0.2, 0) is 20.6 Å². The minimum Gasteiger partial charge on any atom is -0.490 e. The lowest BCUT2D eigenvalue weighted by molar-refractivity contribution is -0.560. The van der Waals surface area contributed by atoms with Crippen LogP contribution in [0.5, 0.6) is 5.75 Å². The molecule has 0 saturated carbocycles. The highest BCUT2D eigenvalue weighted by atomic mass is 19.4. The number of rotatable bonds is 30. The van der Waals surface area contributed by atoms with Gasteiger partial charge < -0.3 is 9.47 Å². The van der Waals surface area contributed by atoms with E-state index in [9.17, 15) is 140 Å². The molecule has 2 rings (SSSR count). The number of unbranched alkanes of at least 4 members (excludes halogenated alkanes) is 5. The summed E-state index contributed by atoms with van der Waals surface area (Å²) in [5, 5.41) is 0. The van der Waals surface area contributed by atoms with Crippen molar-refractivity contribution in [3.8, 4) is 17.1 Å². The van der Waals surface area contributed by atoms with Gasteiger partial charge in [0.1, 0.15) is 19.0 Å². The van der Waals surface area contributed by atoms with Crippen molar-refractivity contribution in [2.24, 2.45) is 0 Å². The van der Waals surface area contributed by atoms with Gasteiger partial charge in [-0.1, -0.05) is 39.0 Å². The van der Waals surface area contributed by atoms with Gasteiger partial charge >= 0.3 is 89.8 Å². The molecule has 1 unspecified atom stereocenters. The molecule has 0 amide bonds. The van der Waals surface area contributed by atoms with E-state index in [1.54, 1.807) is 0 Å². The van der Waals surface area contributed by atoms with Gasteiger partial charge in [-0.25, -0.2) is 23.8 Å². The number of hydrogen-bond acceptors (Lipinski definition) is 6. The average molecular weight is 1170 g/mol. The Hall–Kier alpha value is -4.26. The van der Waals surface area contributed by atoms with Crippen molar-refractivity contribution in [1.82, 2.24) is 9.97 Å². The summed E-state index contributed by atoms with van der Waals surface area (Å²) in [6.45, 7) is -4.93. The summed E-state index contributed by atoms with van der Waals surface area (Å²) in [6, 6.07) is 4.76. The van der Waals surface area contributed by atoms with Crippen LogP contribution < -0.4 is 4.74 Å². The van der Waals surface area contributed by atoms with Crippen molar-refractivity contribution in [3.05, 3.63) is 42.2 Å². The molecule has 0 N–H and O–H groups in total. The number of nitrogens with zero attached hydrogens (tertiary/aromatic N) is 2. The van der Waals surface area contributed by atoms with Crippen molar-refractivity contribution >= 4 is 0 Å². The molecule has 0 aliphatic heterocycles. The molecule has 75 heavy (non-hydrogen) atoms. The molecule has 0 saturated heterocycles. The van der Waals surface area contributed by atoms with Gasteiger partial charge in [-0.2, -0.15) is 136 Å². The largest absolute Gasteiger partial charge is 0.490 e. The number of alkyl halides is 32. The summed E-state index contributed by atoms with van der Waals surface area (Å²) in [4.78, 5) is 8.34. The number of ether oxygens (including phenoxy) is 4. The molecule has 6 nitrogen and oxygen atoms in total. The Morgan fingerprint density at radius 2 is 0.800 bits per heavy atom. The second-order valence-corrected chi connectivity index (χ2v) is 15.5. The van der Waals surface area contributed by atoms with Gasteiger partial charge in [0.25, 0.3) is 0 Å². The Labute approximate surface area is 397 Å². The fraction of sp³-hybridized carbons (Fsp3) is 0.730. The first-order valence-corrected chi connectivity index (χ1v) is 19.8. The topological polar surface area (TPSA) is 62.7 Å². The summed E-state index contributed by atoms with van der Waals surface area (Å²) >= 11 is 0. The van der Waals surface area contributed by atoms with Crippen LogP contribution >= 0.6 is 0 Å². The highest BCUT2D eigenvalue weighted by Crippen LogP contribution is 2.66. The third kappa shape index (κ3) is 12.5. The fourth-order valence-corrected chi connectivity index (χ4v) is 5.41. The van der Waals surface area contributed by atoms with Crippen molar-refractivity contribution < 1.29 is 159 Å². The summed E-state index contributed by atoms with van der Waals surface area (Å²) in [6.07, 6.45) is -36.3. The number of benzene rings is 1. The predicted molar refractivity (Wildman–Crippen MR) is 183 cm³/mol. The smallest absolute Gasteiger partial charge is 0.460 e. The Kier molecular flexibility index (Phi) is 19.5. The third-order valence-electron chi connectivity index (χ3n) is 9.81. The number of hydrogen-bond donors (Lipinski definition) is 0. The SMILES string of the molecule is CCCCCCCCc1cnc(-c2ccc(OCC(F)COCC(F)(F)C(F)(F)C(F)(F)C(F)(F)C(F)(F)C(F)(F)C(F)(F)C(F)(F)C(F)(F)OC(F)(F)C(F)(F)OC(F)(F)C(F)(F)C(F)(F)C(F)(F)F)cc2)nc1. The van der Waals surface area contributed by atoms with Gasteiger partial charge in [-0.05, 0) is 42.7 Å². The second-order valence-electron chi connectivity index (χ2n) is 15.5. The van der Waals surface area contributed by atoms with E-state index in [4.69, 9.17) is 4.74 Å². The zero-order valence-electron chi connectivity index (χ0n) is 36.2. The molecule has 1 atom stereocenters. The molecule has 0 radical (unpaired) electrons. The van der Waals surface area contributed by atoms with Gasteiger partial charge in [-0.3, -0.25) is 0 Å². The van der Waals surface area contributed by atoms with E-state index < -0.39 is 116 Å². The van der Waals surface area contributed by atoms with Crippen LogP contribution in [0.25, 0.3) is 11.4 Å². The maximum Gasteiger partial charge on any atom is 0.460 e. The predicted octanol–water partition coefficient (Wildman–Crippen LogP) is 15.1. The standard InChI is InChI=1S/C37H30F32N2O4/c1-2-3-4-5-6-7-8-18-13-70-22(71-14-18)19-9-11-21(12-10-19)73-16-20(38)15-72-17-23(39,40)24(41,42)25(43,44)26(45,46)27(47,48)28(49,50)29(51,52)31(55,56)34(62,63)74-36(66,67)37(68,69)75-35(64,65)32(57,58)30(53,54)33(59,60)61/h9-14,20H,2-8,15-17H2,1H3.